The van der Waals surface area contributed by atoms with Crippen molar-refractivity contribution in [3.05, 3.63) is 30.6 Å². The summed E-state index contributed by atoms with van der Waals surface area (Å²) in [4.78, 5) is 3.78. The van der Waals surface area contributed by atoms with Crippen LogP contribution in [0.25, 0.3) is 0 Å². The lowest BCUT2D eigenvalue weighted by atomic mass is 10.4. The molecule has 0 aromatic carbocycles. The fraction of sp³-hybridized carbons (Fsp3) is 0.444. The lowest BCUT2D eigenvalue weighted by molar-refractivity contribution is 0.198. The van der Waals surface area contributed by atoms with Crippen LogP contribution in [0.5, 0.6) is 0 Å². The molecule has 1 saturated heterocycles. The van der Waals surface area contributed by atoms with Gasteiger partial charge >= 0.3 is 0 Å². The molecule has 1 aliphatic heterocycles. The molecule has 0 radical (unpaired) electrons. The third-order valence-electron chi connectivity index (χ3n) is 1.39. The van der Waals surface area contributed by atoms with Crippen molar-refractivity contribution in [2.45, 2.75) is 12.8 Å². The van der Waals surface area contributed by atoms with Crippen molar-refractivity contribution in [3.8, 4) is 0 Å². The Bertz CT molecular complexity index is 129. The SMILES string of the molecule is C1CCOC1.O.c1ccncc1. The molecular weight excluding hydrogens is 154 g/mol. The van der Waals surface area contributed by atoms with E-state index >= 15 is 0 Å². The molecule has 0 aliphatic carbocycles. The molecule has 3 nitrogen and oxygen atoms in total. The van der Waals surface area contributed by atoms with Crippen LogP contribution in [0.4, 0.5) is 0 Å². The van der Waals surface area contributed by atoms with Gasteiger partial charge in [-0.05, 0) is 25.0 Å². The van der Waals surface area contributed by atoms with Crippen molar-refractivity contribution in [1.29, 1.82) is 0 Å². The molecule has 1 aromatic heterocycles. The highest BCUT2D eigenvalue weighted by molar-refractivity contribution is 4.88. The van der Waals surface area contributed by atoms with Crippen LogP contribution in [0.1, 0.15) is 12.8 Å². The summed E-state index contributed by atoms with van der Waals surface area (Å²) in [7, 11) is 0. The van der Waals surface area contributed by atoms with Crippen LogP contribution in [0.2, 0.25) is 0 Å². The molecule has 2 heterocycles. The molecule has 1 aliphatic rings. The van der Waals surface area contributed by atoms with Crippen LogP contribution in [0.3, 0.4) is 0 Å². The molecule has 2 rings (SSSR count). The van der Waals surface area contributed by atoms with E-state index < -0.39 is 0 Å². The molecule has 1 fully saturated rings. The van der Waals surface area contributed by atoms with Gasteiger partial charge in [0.05, 0.1) is 0 Å². The topological polar surface area (TPSA) is 53.6 Å². The molecule has 3 heteroatoms. The van der Waals surface area contributed by atoms with Crippen LogP contribution in [-0.2, 0) is 4.74 Å². The van der Waals surface area contributed by atoms with Gasteiger partial charge in [-0.3, -0.25) is 4.98 Å². The second-order valence-electron chi connectivity index (χ2n) is 2.34. The third kappa shape index (κ3) is 5.82. The average Bonchev–Trinajstić information content (AvgIpc) is 2.64. The monoisotopic (exact) mass is 169 g/mol. The highest BCUT2D eigenvalue weighted by Crippen LogP contribution is 1.98. The first-order chi connectivity index (χ1) is 5.50. The summed E-state index contributed by atoms with van der Waals surface area (Å²) in [6, 6.07) is 5.72. The van der Waals surface area contributed by atoms with E-state index in [9.17, 15) is 0 Å². The Kier molecular flexibility index (Phi) is 7.54. The van der Waals surface area contributed by atoms with Crippen molar-refractivity contribution in [3.63, 3.8) is 0 Å². The Balaban J connectivity index is 0.000000189. The molecule has 1 aromatic rings. The minimum atomic E-state index is 0. The van der Waals surface area contributed by atoms with E-state index in [0.29, 0.717) is 0 Å². The van der Waals surface area contributed by atoms with Crippen LogP contribution < -0.4 is 0 Å². The van der Waals surface area contributed by atoms with Gasteiger partial charge in [0, 0.05) is 25.6 Å². The Labute approximate surface area is 72.7 Å². The summed E-state index contributed by atoms with van der Waals surface area (Å²) in [6.07, 6.45) is 6.06. The van der Waals surface area contributed by atoms with Crippen molar-refractivity contribution in [2.24, 2.45) is 0 Å². The van der Waals surface area contributed by atoms with Crippen molar-refractivity contribution in [1.82, 2.24) is 4.98 Å². The van der Waals surface area contributed by atoms with E-state index in [0.717, 1.165) is 13.2 Å². The van der Waals surface area contributed by atoms with Gasteiger partial charge in [0.25, 0.3) is 0 Å². The summed E-state index contributed by atoms with van der Waals surface area (Å²) in [5.41, 5.74) is 0. The highest BCUT2D eigenvalue weighted by Gasteiger charge is 1.94. The van der Waals surface area contributed by atoms with Gasteiger partial charge in [-0.1, -0.05) is 6.07 Å². The molecule has 0 bridgehead atoms. The van der Waals surface area contributed by atoms with Crippen molar-refractivity contribution < 1.29 is 10.2 Å². The van der Waals surface area contributed by atoms with Gasteiger partial charge in [-0.2, -0.15) is 0 Å². The second kappa shape index (κ2) is 8.17. The quantitative estimate of drug-likeness (QED) is 0.583. The largest absolute Gasteiger partial charge is 0.412 e. The van der Waals surface area contributed by atoms with E-state index in [4.69, 9.17) is 4.74 Å². The zero-order valence-corrected chi connectivity index (χ0v) is 7.07. The Hall–Kier alpha value is -0.930. The summed E-state index contributed by atoms with van der Waals surface area (Å²) < 4.78 is 4.94. The average molecular weight is 169 g/mol. The number of rotatable bonds is 0. The number of hydrogen-bond donors (Lipinski definition) is 0. The maximum Gasteiger partial charge on any atom is 0.0466 e. The Morgan fingerprint density at radius 2 is 1.50 bits per heavy atom. The molecule has 0 unspecified atom stereocenters. The van der Waals surface area contributed by atoms with Gasteiger partial charge in [-0.25, -0.2) is 0 Å². The Morgan fingerprint density at radius 3 is 1.67 bits per heavy atom. The maximum absolute atomic E-state index is 4.94. The molecule has 2 N–H and O–H groups in total. The number of hydrogen-bond acceptors (Lipinski definition) is 2. The summed E-state index contributed by atoms with van der Waals surface area (Å²) in [5, 5.41) is 0. The fourth-order valence-electron chi connectivity index (χ4n) is 0.823. The third-order valence-corrected chi connectivity index (χ3v) is 1.39. The molecule has 0 atom stereocenters. The zero-order chi connectivity index (χ0) is 7.78. The lowest BCUT2D eigenvalue weighted by Crippen LogP contribution is -1.74. The molecule has 68 valence electrons. The second-order valence-corrected chi connectivity index (χ2v) is 2.34. The van der Waals surface area contributed by atoms with E-state index in [1.807, 2.05) is 18.2 Å². The van der Waals surface area contributed by atoms with E-state index in [-0.39, 0.29) is 5.48 Å². The highest BCUT2D eigenvalue weighted by atomic mass is 16.5. The van der Waals surface area contributed by atoms with Crippen LogP contribution in [0.15, 0.2) is 30.6 Å². The molecule has 0 saturated carbocycles. The Morgan fingerprint density at radius 1 is 0.917 bits per heavy atom. The fourth-order valence-corrected chi connectivity index (χ4v) is 0.823. The van der Waals surface area contributed by atoms with E-state index in [1.165, 1.54) is 12.8 Å². The molecular formula is C9H15NO2. The van der Waals surface area contributed by atoms with Crippen molar-refractivity contribution in [2.75, 3.05) is 13.2 Å². The van der Waals surface area contributed by atoms with Crippen LogP contribution >= 0.6 is 0 Å². The van der Waals surface area contributed by atoms with Gasteiger partial charge in [-0.15, -0.1) is 0 Å². The molecule has 0 amide bonds. The van der Waals surface area contributed by atoms with E-state index in [2.05, 4.69) is 4.98 Å². The minimum absolute atomic E-state index is 0. The first-order valence-corrected chi connectivity index (χ1v) is 3.93. The number of pyridine rings is 1. The van der Waals surface area contributed by atoms with Gasteiger partial charge in [0.1, 0.15) is 0 Å². The summed E-state index contributed by atoms with van der Waals surface area (Å²) in [6.45, 7) is 2.00. The smallest absolute Gasteiger partial charge is 0.0466 e. The summed E-state index contributed by atoms with van der Waals surface area (Å²) >= 11 is 0. The minimum Gasteiger partial charge on any atom is -0.412 e. The van der Waals surface area contributed by atoms with Gasteiger partial charge in [0.2, 0.25) is 0 Å². The maximum atomic E-state index is 4.94. The number of aromatic nitrogens is 1. The predicted molar refractivity (Wildman–Crippen MR) is 47.9 cm³/mol. The molecule has 0 spiro atoms. The van der Waals surface area contributed by atoms with Gasteiger partial charge in [0.15, 0.2) is 0 Å². The van der Waals surface area contributed by atoms with Crippen LogP contribution in [0, 0.1) is 0 Å². The predicted octanol–water partition coefficient (Wildman–Crippen LogP) is 1.05. The van der Waals surface area contributed by atoms with Crippen LogP contribution in [-0.4, -0.2) is 23.7 Å². The molecule has 12 heavy (non-hydrogen) atoms. The number of nitrogens with zero attached hydrogens (tertiary/aromatic N) is 1. The van der Waals surface area contributed by atoms with Gasteiger partial charge < -0.3 is 10.2 Å². The first kappa shape index (κ1) is 11.1. The van der Waals surface area contributed by atoms with E-state index in [1.54, 1.807) is 12.4 Å². The number of ether oxygens (including phenoxy) is 1. The normalized spacial score (nSPS) is 14.0. The first-order valence-electron chi connectivity index (χ1n) is 3.93. The lowest BCUT2D eigenvalue weighted by Gasteiger charge is -1.76. The zero-order valence-electron chi connectivity index (χ0n) is 7.07. The standard InChI is InChI=1S/C5H5N.C4H8O.H2O/c1-2-4-6-5-3-1;1-2-4-5-3-1;/h1-5H;1-4H2;1H2. The summed E-state index contributed by atoms with van der Waals surface area (Å²) in [5.74, 6) is 0. The van der Waals surface area contributed by atoms with Crippen molar-refractivity contribution >= 4 is 0 Å².